The van der Waals surface area contributed by atoms with Crippen LogP contribution in [0.5, 0.6) is 0 Å². The lowest BCUT2D eigenvalue weighted by Gasteiger charge is -2.21. The zero-order valence-corrected chi connectivity index (χ0v) is 10.2. The molecule has 76 valence electrons. The Labute approximate surface area is 96.0 Å². The zero-order chi connectivity index (χ0) is 10.9. The Balaban J connectivity index is 3.31. The van der Waals surface area contributed by atoms with Crippen molar-refractivity contribution in [3.8, 4) is 0 Å². The van der Waals surface area contributed by atoms with Crippen molar-refractivity contribution in [3.63, 3.8) is 0 Å². The molecule has 0 bridgehead atoms. The second-order valence-corrected chi connectivity index (χ2v) is 4.85. The quantitative estimate of drug-likeness (QED) is 0.899. The van der Waals surface area contributed by atoms with Gasteiger partial charge in [0.05, 0.1) is 5.41 Å². The topological polar surface area (TPSA) is 37.3 Å². The molecule has 1 rings (SSSR count). The summed E-state index contributed by atoms with van der Waals surface area (Å²) in [5.41, 5.74) is -0.262. The van der Waals surface area contributed by atoms with Crippen LogP contribution in [0.4, 0.5) is 0 Å². The number of carboxylic acids is 1. The van der Waals surface area contributed by atoms with Gasteiger partial charge in [-0.2, -0.15) is 0 Å². The minimum Gasteiger partial charge on any atom is -0.481 e. The van der Waals surface area contributed by atoms with Gasteiger partial charge in [0, 0.05) is 9.50 Å². The van der Waals surface area contributed by atoms with Crippen molar-refractivity contribution in [2.75, 3.05) is 0 Å². The van der Waals surface area contributed by atoms with E-state index in [2.05, 4.69) is 15.9 Å². The molecule has 0 saturated heterocycles. The summed E-state index contributed by atoms with van der Waals surface area (Å²) in [6, 6.07) is 5.13. The van der Waals surface area contributed by atoms with E-state index in [0.717, 1.165) is 4.47 Å². The highest BCUT2D eigenvalue weighted by Gasteiger charge is 2.31. The standard InChI is InChI=1S/C10H10BrClO2/c1-10(2,9(13)14)7-5-6(12)3-4-8(7)11/h3-5H,1-2H3,(H,13,14). The molecule has 1 N–H and O–H groups in total. The first kappa shape index (κ1) is 11.5. The van der Waals surface area contributed by atoms with E-state index in [4.69, 9.17) is 16.7 Å². The highest BCUT2D eigenvalue weighted by atomic mass is 79.9. The van der Waals surface area contributed by atoms with Gasteiger partial charge in [0.1, 0.15) is 0 Å². The van der Waals surface area contributed by atoms with Crippen molar-refractivity contribution in [1.82, 2.24) is 0 Å². The summed E-state index contributed by atoms with van der Waals surface area (Å²) < 4.78 is 0.759. The number of halogens is 2. The third-order valence-electron chi connectivity index (χ3n) is 2.14. The maximum atomic E-state index is 11.0. The van der Waals surface area contributed by atoms with E-state index in [0.29, 0.717) is 10.6 Å². The fourth-order valence-corrected chi connectivity index (χ4v) is 2.01. The van der Waals surface area contributed by atoms with E-state index in [1.807, 2.05) is 0 Å². The Bertz CT molecular complexity index is 374. The van der Waals surface area contributed by atoms with Crippen molar-refractivity contribution >= 4 is 33.5 Å². The van der Waals surface area contributed by atoms with Gasteiger partial charge in [0.15, 0.2) is 0 Å². The summed E-state index contributed by atoms with van der Waals surface area (Å²) in [6.07, 6.45) is 0. The maximum absolute atomic E-state index is 11.0. The zero-order valence-electron chi connectivity index (χ0n) is 7.84. The Hall–Kier alpha value is -0.540. The lowest BCUT2D eigenvalue weighted by Crippen LogP contribution is -2.28. The Morgan fingerprint density at radius 3 is 2.57 bits per heavy atom. The van der Waals surface area contributed by atoms with Crippen LogP contribution in [-0.4, -0.2) is 11.1 Å². The summed E-state index contributed by atoms with van der Waals surface area (Å²) in [7, 11) is 0. The number of carbonyl (C=O) groups is 1. The van der Waals surface area contributed by atoms with Crippen molar-refractivity contribution in [2.24, 2.45) is 0 Å². The van der Waals surface area contributed by atoms with E-state index in [9.17, 15) is 4.79 Å². The summed E-state index contributed by atoms with van der Waals surface area (Å²) in [4.78, 5) is 11.0. The summed E-state index contributed by atoms with van der Waals surface area (Å²) >= 11 is 9.13. The van der Waals surface area contributed by atoms with Crippen LogP contribution in [0.2, 0.25) is 5.02 Å². The first-order chi connectivity index (χ1) is 6.35. The molecule has 1 aromatic carbocycles. The molecular formula is C10H10BrClO2. The molecule has 0 aliphatic carbocycles. The van der Waals surface area contributed by atoms with Gasteiger partial charge in [-0.25, -0.2) is 0 Å². The molecule has 0 aromatic heterocycles. The number of benzene rings is 1. The fraction of sp³-hybridized carbons (Fsp3) is 0.300. The van der Waals surface area contributed by atoms with Gasteiger partial charge in [-0.1, -0.05) is 27.5 Å². The lowest BCUT2D eigenvalue weighted by molar-refractivity contribution is -0.142. The van der Waals surface area contributed by atoms with Crippen LogP contribution in [0.1, 0.15) is 19.4 Å². The van der Waals surface area contributed by atoms with Crippen molar-refractivity contribution in [3.05, 3.63) is 33.3 Å². The predicted molar refractivity (Wildman–Crippen MR) is 59.8 cm³/mol. The first-order valence-electron chi connectivity index (χ1n) is 4.04. The molecule has 14 heavy (non-hydrogen) atoms. The Morgan fingerprint density at radius 1 is 1.50 bits per heavy atom. The molecule has 4 heteroatoms. The van der Waals surface area contributed by atoms with Crippen molar-refractivity contribution < 1.29 is 9.90 Å². The van der Waals surface area contributed by atoms with Crippen LogP contribution < -0.4 is 0 Å². The van der Waals surface area contributed by atoms with Gasteiger partial charge in [0.25, 0.3) is 0 Å². The van der Waals surface area contributed by atoms with Crippen LogP contribution in [-0.2, 0) is 10.2 Å². The van der Waals surface area contributed by atoms with E-state index in [1.54, 1.807) is 32.0 Å². The van der Waals surface area contributed by atoms with Gasteiger partial charge in [0.2, 0.25) is 0 Å². The lowest BCUT2D eigenvalue weighted by atomic mass is 9.85. The molecule has 0 saturated carbocycles. The third kappa shape index (κ3) is 2.10. The largest absolute Gasteiger partial charge is 0.481 e. The van der Waals surface area contributed by atoms with Crippen molar-refractivity contribution in [1.29, 1.82) is 0 Å². The van der Waals surface area contributed by atoms with E-state index in [-0.39, 0.29) is 0 Å². The molecule has 0 unspecified atom stereocenters. The van der Waals surface area contributed by atoms with Gasteiger partial charge < -0.3 is 5.11 Å². The monoisotopic (exact) mass is 276 g/mol. The van der Waals surface area contributed by atoms with Gasteiger partial charge in [-0.05, 0) is 37.6 Å². The normalized spacial score (nSPS) is 11.4. The molecule has 0 aliphatic heterocycles. The molecule has 2 nitrogen and oxygen atoms in total. The average molecular weight is 278 g/mol. The molecule has 0 radical (unpaired) electrons. The maximum Gasteiger partial charge on any atom is 0.313 e. The molecule has 0 atom stereocenters. The number of aliphatic carboxylic acids is 1. The smallest absolute Gasteiger partial charge is 0.313 e. The minimum atomic E-state index is -0.941. The molecule has 0 aliphatic rings. The van der Waals surface area contributed by atoms with Crippen LogP contribution >= 0.6 is 27.5 Å². The second-order valence-electron chi connectivity index (χ2n) is 3.55. The molecule has 0 spiro atoms. The predicted octanol–water partition coefficient (Wildman–Crippen LogP) is 3.46. The summed E-state index contributed by atoms with van der Waals surface area (Å²) in [6.45, 7) is 3.29. The minimum absolute atomic E-state index is 0.539. The fourth-order valence-electron chi connectivity index (χ4n) is 1.09. The van der Waals surface area contributed by atoms with Gasteiger partial charge >= 0.3 is 5.97 Å². The molecule has 0 heterocycles. The SMILES string of the molecule is CC(C)(C(=O)O)c1cc(Cl)ccc1Br. The van der Waals surface area contributed by atoms with Crippen molar-refractivity contribution in [2.45, 2.75) is 19.3 Å². The second kappa shape index (κ2) is 3.91. The van der Waals surface area contributed by atoms with E-state index >= 15 is 0 Å². The van der Waals surface area contributed by atoms with Crippen LogP contribution in [0.15, 0.2) is 22.7 Å². The van der Waals surface area contributed by atoms with E-state index in [1.165, 1.54) is 0 Å². The first-order valence-corrected chi connectivity index (χ1v) is 5.21. The molecular weight excluding hydrogens is 267 g/mol. The number of hydrogen-bond acceptors (Lipinski definition) is 1. The van der Waals surface area contributed by atoms with Crippen LogP contribution in [0, 0.1) is 0 Å². The highest BCUT2D eigenvalue weighted by Crippen LogP contribution is 2.32. The summed E-state index contributed by atoms with van der Waals surface area (Å²) in [5, 5.41) is 9.59. The Kier molecular flexibility index (Phi) is 3.22. The average Bonchev–Trinajstić information content (AvgIpc) is 2.08. The highest BCUT2D eigenvalue weighted by molar-refractivity contribution is 9.10. The summed E-state index contributed by atoms with van der Waals surface area (Å²) in [5.74, 6) is -0.875. The van der Waals surface area contributed by atoms with Crippen LogP contribution in [0.25, 0.3) is 0 Å². The van der Waals surface area contributed by atoms with Gasteiger partial charge in [-0.3, -0.25) is 4.79 Å². The number of carboxylic acid groups (broad SMARTS) is 1. The molecule has 0 amide bonds. The number of hydrogen-bond donors (Lipinski definition) is 1. The van der Waals surface area contributed by atoms with E-state index < -0.39 is 11.4 Å². The third-order valence-corrected chi connectivity index (χ3v) is 3.06. The number of rotatable bonds is 2. The van der Waals surface area contributed by atoms with Gasteiger partial charge in [-0.15, -0.1) is 0 Å². The molecule has 0 fully saturated rings. The Morgan fingerprint density at radius 2 is 2.07 bits per heavy atom. The van der Waals surface area contributed by atoms with Crippen LogP contribution in [0.3, 0.4) is 0 Å². The molecule has 1 aromatic rings.